The van der Waals surface area contributed by atoms with E-state index < -0.39 is 0 Å². The van der Waals surface area contributed by atoms with Crippen LogP contribution in [0.1, 0.15) is 26.2 Å². The molecule has 1 aromatic carbocycles. The molecule has 2 rings (SSSR count). The van der Waals surface area contributed by atoms with Crippen LogP contribution in [0.5, 0.6) is 0 Å². The molecule has 1 fully saturated rings. The molecular formula is C14H21N3O2. The number of benzene rings is 1. The Labute approximate surface area is 113 Å². The lowest BCUT2D eigenvalue weighted by atomic mass is 10.1. The van der Waals surface area contributed by atoms with Gasteiger partial charge in [0.2, 0.25) is 0 Å². The van der Waals surface area contributed by atoms with Crippen LogP contribution >= 0.6 is 0 Å². The first-order valence-corrected chi connectivity index (χ1v) is 6.92. The van der Waals surface area contributed by atoms with Gasteiger partial charge >= 0.3 is 0 Å². The van der Waals surface area contributed by atoms with Gasteiger partial charge in [-0.2, -0.15) is 0 Å². The molecular weight excluding hydrogens is 242 g/mol. The second-order valence-corrected chi connectivity index (χ2v) is 5.01. The third-order valence-corrected chi connectivity index (χ3v) is 3.70. The molecule has 0 bridgehead atoms. The van der Waals surface area contributed by atoms with Crippen molar-refractivity contribution in [2.45, 2.75) is 32.2 Å². The van der Waals surface area contributed by atoms with Crippen molar-refractivity contribution >= 4 is 11.4 Å². The molecule has 0 aliphatic carbocycles. The van der Waals surface area contributed by atoms with Crippen LogP contribution in [0.3, 0.4) is 0 Å². The van der Waals surface area contributed by atoms with Crippen molar-refractivity contribution in [3.8, 4) is 0 Å². The summed E-state index contributed by atoms with van der Waals surface area (Å²) in [6, 6.07) is 7.18. The summed E-state index contributed by atoms with van der Waals surface area (Å²) in [6.07, 6.45) is 3.40. The number of anilines is 1. The maximum Gasteiger partial charge on any atom is 0.271 e. The Morgan fingerprint density at radius 2 is 2.26 bits per heavy atom. The lowest BCUT2D eigenvalue weighted by molar-refractivity contribution is -0.384. The molecule has 0 saturated carbocycles. The number of non-ortho nitro benzene ring substituents is 1. The largest absolute Gasteiger partial charge is 0.382 e. The highest BCUT2D eigenvalue weighted by Crippen LogP contribution is 2.21. The first kappa shape index (κ1) is 13.8. The zero-order valence-electron chi connectivity index (χ0n) is 11.3. The average molecular weight is 263 g/mol. The number of hydrogen-bond acceptors (Lipinski definition) is 4. The summed E-state index contributed by atoms with van der Waals surface area (Å²) >= 11 is 0. The molecule has 5 nitrogen and oxygen atoms in total. The van der Waals surface area contributed by atoms with E-state index in [0.29, 0.717) is 6.04 Å². The number of nitrogens with one attached hydrogen (secondary N) is 1. The Morgan fingerprint density at radius 1 is 1.42 bits per heavy atom. The molecule has 19 heavy (non-hydrogen) atoms. The van der Waals surface area contributed by atoms with Crippen molar-refractivity contribution in [2.75, 3.05) is 25.0 Å². The highest BCUT2D eigenvalue weighted by molar-refractivity contribution is 5.51. The fraction of sp³-hybridized carbons (Fsp3) is 0.571. The van der Waals surface area contributed by atoms with Crippen LogP contribution in [0.2, 0.25) is 0 Å². The number of rotatable bonds is 4. The van der Waals surface area contributed by atoms with Gasteiger partial charge < -0.3 is 10.2 Å². The number of likely N-dealkylation sites (tertiary alicyclic amines) is 1. The van der Waals surface area contributed by atoms with Crippen LogP contribution in [0, 0.1) is 10.1 Å². The molecule has 1 aromatic rings. The molecule has 1 aliphatic heterocycles. The predicted octanol–water partition coefficient (Wildman–Crippen LogP) is 2.88. The van der Waals surface area contributed by atoms with Crippen molar-refractivity contribution < 1.29 is 4.92 Å². The van der Waals surface area contributed by atoms with Gasteiger partial charge in [0, 0.05) is 30.4 Å². The smallest absolute Gasteiger partial charge is 0.271 e. The van der Waals surface area contributed by atoms with Gasteiger partial charge in [-0.05, 0) is 38.4 Å². The van der Waals surface area contributed by atoms with Crippen LogP contribution in [-0.2, 0) is 0 Å². The number of hydrogen-bond donors (Lipinski definition) is 1. The van der Waals surface area contributed by atoms with E-state index in [4.69, 9.17) is 0 Å². The monoisotopic (exact) mass is 263 g/mol. The third kappa shape index (κ3) is 3.92. The molecule has 1 saturated heterocycles. The molecule has 1 N–H and O–H groups in total. The molecule has 0 radical (unpaired) electrons. The molecule has 0 amide bonds. The lowest BCUT2D eigenvalue weighted by Gasteiger charge is -2.19. The fourth-order valence-electron chi connectivity index (χ4n) is 2.56. The molecule has 0 aromatic heterocycles. The normalized spacial score (nSPS) is 20.8. The average Bonchev–Trinajstić information content (AvgIpc) is 2.64. The van der Waals surface area contributed by atoms with Crippen LogP contribution in [0.4, 0.5) is 11.4 Å². The van der Waals surface area contributed by atoms with E-state index in [-0.39, 0.29) is 10.6 Å². The van der Waals surface area contributed by atoms with Gasteiger partial charge in [0.1, 0.15) is 0 Å². The van der Waals surface area contributed by atoms with Crippen LogP contribution < -0.4 is 5.32 Å². The van der Waals surface area contributed by atoms with Gasteiger partial charge in [0.15, 0.2) is 0 Å². The van der Waals surface area contributed by atoms with E-state index in [1.807, 2.05) is 6.07 Å². The van der Waals surface area contributed by atoms with Gasteiger partial charge in [-0.3, -0.25) is 10.1 Å². The van der Waals surface area contributed by atoms with E-state index in [2.05, 4.69) is 17.1 Å². The molecule has 1 atom stereocenters. The van der Waals surface area contributed by atoms with E-state index >= 15 is 0 Å². The van der Waals surface area contributed by atoms with E-state index in [1.165, 1.54) is 12.5 Å². The van der Waals surface area contributed by atoms with E-state index in [1.54, 1.807) is 12.1 Å². The third-order valence-electron chi connectivity index (χ3n) is 3.70. The van der Waals surface area contributed by atoms with Crippen LogP contribution in [-0.4, -0.2) is 35.5 Å². The summed E-state index contributed by atoms with van der Waals surface area (Å²) < 4.78 is 0. The quantitative estimate of drug-likeness (QED) is 0.670. The highest BCUT2D eigenvalue weighted by Gasteiger charge is 2.16. The van der Waals surface area contributed by atoms with E-state index in [9.17, 15) is 10.1 Å². The van der Waals surface area contributed by atoms with E-state index in [0.717, 1.165) is 38.2 Å². The molecule has 5 heteroatoms. The minimum atomic E-state index is -0.350. The fourth-order valence-corrected chi connectivity index (χ4v) is 2.56. The standard InChI is InChI=1S/C14H21N3O2/c1-2-16-9-4-6-12(8-10-16)15-13-5-3-7-14(11-13)17(18)19/h3,5,7,11-12,15H,2,4,6,8-10H2,1H3. The molecule has 1 heterocycles. The topological polar surface area (TPSA) is 58.4 Å². The van der Waals surface area contributed by atoms with Crippen molar-refractivity contribution in [3.05, 3.63) is 34.4 Å². The Balaban J connectivity index is 1.97. The van der Waals surface area contributed by atoms with Crippen LogP contribution in [0.25, 0.3) is 0 Å². The first-order chi connectivity index (χ1) is 9.19. The summed E-state index contributed by atoms with van der Waals surface area (Å²) in [7, 11) is 0. The summed E-state index contributed by atoms with van der Waals surface area (Å²) in [5.41, 5.74) is 0.998. The SMILES string of the molecule is CCN1CCCC(Nc2cccc([N+](=O)[O-])c2)CC1. The van der Waals surface area contributed by atoms with Gasteiger partial charge in [-0.15, -0.1) is 0 Å². The van der Waals surface area contributed by atoms with Crippen LogP contribution in [0.15, 0.2) is 24.3 Å². The van der Waals surface area contributed by atoms with Gasteiger partial charge in [-0.25, -0.2) is 0 Å². The Morgan fingerprint density at radius 3 is 3.00 bits per heavy atom. The summed E-state index contributed by atoms with van der Waals surface area (Å²) in [6.45, 7) is 5.55. The Kier molecular flexibility index (Phi) is 4.74. The number of nitrogens with zero attached hydrogens (tertiary/aromatic N) is 2. The van der Waals surface area contributed by atoms with Gasteiger partial charge in [0.05, 0.1) is 4.92 Å². The second kappa shape index (κ2) is 6.52. The van der Waals surface area contributed by atoms with Crippen molar-refractivity contribution in [1.82, 2.24) is 4.90 Å². The molecule has 1 unspecified atom stereocenters. The van der Waals surface area contributed by atoms with Gasteiger partial charge in [0.25, 0.3) is 5.69 Å². The minimum Gasteiger partial charge on any atom is -0.382 e. The maximum absolute atomic E-state index is 10.8. The van der Waals surface area contributed by atoms with Crippen molar-refractivity contribution in [1.29, 1.82) is 0 Å². The zero-order valence-corrected chi connectivity index (χ0v) is 11.3. The van der Waals surface area contributed by atoms with Gasteiger partial charge in [-0.1, -0.05) is 13.0 Å². The summed E-state index contributed by atoms with van der Waals surface area (Å²) in [5.74, 6) is 0. The minimum absolute atomic E-state index is 0.147. The summed E-state index contributed by atoms with van der Waals surface area (Å²) in [5, 5.41) is 14.2. The van der Waals surface area contributed by atoms with Crippen molar-refractivity contribution in [2.24, 2.45) is 0 Å². The molecule has 0 spiro atoms. The number of nitro benzene ring substituents is 1. The summed E-state index contributed by atoms with van der Waals surface area (Å²) in [4.78, 5) is 12.9. The Bertz CT molecular complexity index is 436. The first-order valence-electron chi connectivity index (χ1n) is 6.92. The second-order valence-electron chi connectivity index (χ2n) is 5.01. The molecule has 1 aliphatic rings. The Hall–Kier alpha value is -1.62. The zero-order chi connectivity index (χ0) is 13.7. The maximum atomic E-state index is 10.8. The molecule has 104 valence electrons. The number of nitro groups is 1. The lowest BCUT2D eigenvalue weighted by Crippen LogP contribution is -2.26. The predicted molar refractivity (Wildman–Crippen MR) is 76.5 cm³/mol. The van der Waals surface area contributed by atoms with Crippen molar-refractivity contribution in [3.63, 3.8) is 0 Å². The highest BCUT2D eigenvalue weighted by atomic mass is 16.6.